The second-order valence-corrected chi connectivity index (χ2v) is 5.74. The number of hydrogen-bond donors (Lipinski definition) is 1. The third-order valence-corrected chi connectivity index (χ3v) is 3.94. The first-order valence-electron chi connectivity index (χ1n) is 7.16. The van der Waals surface area contributed by atoms with Crippen LogP contribution in [0.25, 0.3) is 0 Å². The van der Waals surface area contributed by atoms with E-state index in [9.17, 15) is 9.59 Å². The minimum Gasteiger partial charge on any atom is -0.322 e. The van der Waals surface area contributed by atoms with Crippen LogP contribution in [0.4, 0.5) is 10.5 Å². The zero-order valence-electron chi connectivity index (χ0n) is 12.3. The number of Topliss-reactive ketones (excluding diaryl/α,β-unsaturated/α-hetero) is 1. The first-order chi connectivity index (χ1) is 9.47. The van der Waals surface area contributed by atoms with Crippen molar-refractivity contribution in [2.75, 3.05) is 11.9 Å². The predicted molar refractivity (Wildman–Crippen MR) is 80.0 cm³/mol. The molecule has 1 aromatic carbocycles. The summed E-state index contributed by atoms with van der Waals surface area (Å²) in [5.74, 6) is 0.713. The van der Waals surface area contributed by atoms with E-state index < -0.39 is 0 Å². The van der Waals surface area contributed by atoms with Crippen molar-refractivity contribution < 1.29 is 9.59 Å². The number of likely N-dealkylation sites (tertiary alicyclic amines) is 1. The molecule has 0 saturated carbocycles. The van der Waals surface area contributed by atoms with Crippen LogP contribution in [0, 0.1) is 5.92 Å². The molecule has 108 valence electrons. The van der Waals surface area contributed by atoms with Crippen LogP contribution < -0.4 is 5.32 Å². The monoisotopic (exact) mass is 274 g/mol. The van der Waals surface area contributed by atoms with Crippen molar-refractivity contribution in [3.8, 4) is 0 Å². The van der Waals surface area contributed by atoms with Gasteiger partial charge in [0.25, 0.3) is 0 Å². The summed E-state index contributed by atoms with van der Waals surface area (Å²) < 4.78 is 0. The molecule has 0 bridgehead atoms. The highest BCUT2D eigenvalue weighted by atomic mass is 16.2. The van der Waals surface area contributed by atoms with Gasteiger partial charge >= 0.3 is 6.03 Å². The van der Waals surface area contributed by atoms with Crippen molar-refractivity contribution in [2.24, 2.45) is 5.92 Å². The van der Waals surface area contributed by atoms with Crippen LogP contribution in [0.3, 0.4) is 0 Å². The van der Waals surface area contributed by atoms with Crippen molar-refractivity contribution in [3.05, 3.63) is 29.8 Å². The van der Waals surface area contributed by atoms with E-state index >= 15 is 0 Å². The van der Waals surface area contributed by atoms with Crippen LogP contribution in [-0.2, 0) is 0 Å². The molecule has 0 spiro atoms. The fourth-order valence-electron chi connectivity index (χ4n) is 2.69. The standard InChI is InChI=1S/C16H22N2O2/c1-11-8-9-18(12(2)10-11)16(20)17-15-6-4-14(5-7-15)13(3)19/h4-7,11-12H,8-10H2,1-3H3,(H,17,20). The third kappa shape index (κ3) is 3.38. The molecule has 1 aromatic rings. The van der Waals surface area contributed by atoms with Crippen LogP contribution in [0.2, 0.25) is 0 Å². The van der Waals surface area contributed by atoms with E-state index in [1.807, 2.05) is 4.90 Å². The Kier molecular flexibility index (Phi) is 4.42. The largest absolute Gasteiger partial charge is 0.322 e. The zero-order valence-corrected chi connectivity index (χ0v) is 12.3. The average molecular weight is 274 g/mol. The second kappa shape index (κ2) is 6.07. The lowest BCUT2D eigenvalue weighted by Gasteiger charge is -2.36. The Balaban J connectivity index is 1.99. The lowest BCUT2D eigenvalue weighted by molar-refractivity contribution is 0.101. The Morgan fingerprint density at radius 3 is 2.40 bits per heavy atom. The summed E-state index contributed by atoms with van der Waals surface area (Å²) in [7, 11) is 0. The fourth-order valence-corrected chi connectivity index (χ4v) is 2.69. The zero-order chi connectivity index (χ0) is 14.7. The van der Waals surface area contributed by atoms with E-state index in [0.717, 1.165) is 25.1 Å². The quantitative estimate of drug-likeness (QED) is 0.838. The first-order valence-corrected chi connectivity index (χ1v) is 7.16. The minimum absolute atomic E-state index is 0.0292. The molecule has 0 radical (unpaired) electrons. The molecule has 1 saturated heterocycles. The molecule has 0 aromatic heterocycles. The van der Waals surface area contributed by atoms with Crippen LogP contribution >= 0.6 is 0 Å². The van der Waals surface area contributed by atoms with E-state index in [0.29, 0.717) is 11.5 Å². The van der Waals surface area contributed by atoms with Gasteiger partial charge in [0, 0.05) is 23.8 Å². The molecule has 2 unspecified atom stereocenters. The number of nitrogens with one attached hydrogen (secondary N) is 1. The number of piperidine rings is 1. The molecule has 4 nitrogen and oxygen atoms in total. The third-order valence-electron chi connectivity index (χ3n) is 3.94. The van der Waals surface area contributed by atoms with Crippen molar-refractivity contribution in [1.82, 2.24) is 4.90 Å². The lowest BCUT2D eigenvalue weighted by Crippen LogP contribution is -2.46. The Morgan fingerprint density at radius 2 is 1.85 bits per heavy atom. The summed E-state index contributed by atoms with van der Waals surface area (Å²) in [4.78, 5) is 25.3. The van der Waals surface area contributed by atoms with E-state index in [-0.39, 0.29) is 17.9 Å². The minimum atomic E-state index is -0.0556. The van der Waals surface area contributed by atoms with Gasteiger partial charge < -0.3 is 10.2 Å². The van der Waals surface area contributed by atoms with Crippen LogP contribution in [0.5, 0.6) is 0 Å². The summed E-state index contributed by atoms with van der Waals surface area (Å²) in [6.07, 6.45) is 2.11. The maximum Gasteiger partial charge on any atom is 0.322 e. The smallest absolute Gasteiger partial charge is 0.322 e. The maximum absolute atomic E-state index is 12.3. The Bertz CT molecular complexity index is 496. The van der Waals surface area contributed by atoms with E-state index in [1.165, 1.54) is 6.92 Å². The van der Waals surface area contributed by atoms with Crippen molar-refractivity contribution in [3.63, 3.8) is 0 Å². The molecule has 20 heavy (non-hydrogen) atoms. The number of rotatable bonds is 2. The van der Waals surface area contributed by atoms with Gasteiger partial charge in [-0.25, -0.2) is 4.79 Å². The molecule has 2 atom stereocenters. The molecule has 0 aliphatic carbocycles. The Hall–Kier alpha value is -1.84. The summed E-state index contributed by atoms with van der Waals surface area (Å²) in [5.41, 5.74) is 1.38. The molecule has 1 heterocycles. The van der Waals surface area contributed by atoms with Gasteiger partial charge in [-0.3, -0.25) is 4.79 Å². The normalized spacial score (nSPS) is 22.4. The molecule has 1 aliphatic rings. The topological polar surface area (TPSA) is 49.4 Å². The van der Waals surface area contributed by atoms with Crippen molar-refractivity contribution in [1.29, 1.82) is 0 Å². The predicted octanol–water partition coefficient (Wildman–Crippen LogP) is 3.54. The van der Waals surface area contributed by atoms with Gasteiger partial charge in [-0.05, 0) is 56.9 Å². The van der Waals surface area contributed by atoms with Crippen molar-refractivity contribution >= 4 is 17.5 Å². The summed E-state index contributed by atoms with van der Waals surface area (Å²) in [5, 5.41) is 2.90. The number of ketones is 1. The number of nitrogens with zero attached hydrogens (tertiary/aromatic N) is 1. The van der Waals surface area contributed by atoms with Gasteiger partial charge in [0.15, 0.2) is 5.78 Å². The van der Waals surface area contributed by atoms with Crippen molar-refractivity contribution in [2.45, 2.75) is 39.7 Å². The van der Waals surface area contributed by atoms with Gasteiger partial charge in [0.1, 0.15) is 0 Å². The molecular weight excluding hydrogens is 252 g/mol. The van der Waals surface area contributed by atoms with E-state index in [1.54, 1.807) is 24.3 Å². The van der Waals surface area contributed by atoms with Crippen LogP contribution in [0.1, 0.15) is 44.0 Å². The number of carbonyl (C=O) groups is 2. The number of hydrogen-bond acceptors (Lipinski definition) is 2. The highest BCUT2D eigenvalue weighted by Gasteiger charge is 2.26. The van der Waals surface area contributed by atoms with Gasteiger partial charge in [0.2, 0.25) is 0 Å². The Morgan fingerprint density at radius 1 is 1.20 bits per heavy atom. The molecular formula is C16H22N2O2. The van der Waals surface area contributed by atoms with Gasteiger partial charge in [0.05, 0.1) is 0 Å². The van der Waals surface area contributed by atoms with E-state index in [4.69, 9.17) is 0 Å². The number of amides is 2. The molecule has 2 rings (SSSR count). The highest BCUT2D eigenvalue weighted by molar-refractivity contribution is 5.95. The summed E-state index contributed by atoms with van der Waals surface area (Å²) in [6, 6.07) is 7.23. The summed E-state index contributed by atoms with van der Waals surface area (Å²) in [6.45, 7) is 6.66. The van der Waals surface area contributed by atoms with Gasteiger partial charge in [-0.1, -0.05) is 6.92 Å². The molecule has 1 N–H and O–H groups in total. The molecule has 2 amide bonds. The number of benzene rings is 1. The number of carbonyl (C=O) groups excluding carboxylic acids is 2. The first kappa shape index (κ1) is 14.6. The average Bonchev–Trinajstić information content (AvgIpc) is 2.39. The molecule has 1 fully saturated rings. The second-order valence-electron chi connectivity index (χ2n) is 5.74. The van der Waals surface area contributed by atoms with Gasteiger partial charge in [-0.2, -0.15) is 0 Å². The Labute approximate surface area is 120 Å². The van der Waals surface area contributed by atoms with Gasteiger partial charge in [-0.15, -0.1) is 0 Å². The lowest BCUT2D eigenvalue weighted by atomic mass is 9.94. The number of urea groups is 1. The van der Waals surface area contributed by atoms with Crippen LogP contribution in [0.15, 0.2) is 24.3 Å². The maximum atomic E-state index is 12.3. The molecule has 4 heteroatoms. The fraction of sp³-hybridized carbons (Fsp3) is 0.500. The van der Waals surface area contributed by atoms with Crippen LogP contribution in [-0.4, -0.2) is 29.3 Å². The number of anilines is 1. The molecule has 1 aliphatic heterocycles. The highest BCUT2D eigenvalue weighted by Crippen LogP contribution is 2.23. The SMILES string of the molecule is CC(=O)c1ccc(NC(=O)N2CCC(C)CC2C)cc1. The van der Waals surface area contributed by atoms with E-state index in [2.05, 4.69) is 19.2 Å². The summed E-state index contributed by atoms with van der Waals surface area (Å²) >= 11 is 0.